The molecule has 1 aliphatic rings. The topological polar surface area (TPSA) is 91.7 Å². The molecule has 2 aromatic rings. The van der Waals surface area contributed by atoms with Gasteiger partial charge in [0.25, 0.3) is 5.91 Å². The minimum Gasteiger partial charge on any atom is -0.467 e. The quantitative estimate of drug-likeness (QED) is 0.813. The van der Waals surface area contributed by atoms with Crippen molar-refractivity contribution < 1.29 is 18.8 Å². The fourth-order valence-corrected chi connectivity index (χ4v) is 2.34. The molecule has 0 saturated carbocycles. The van der Waals surface area contributed by atoms with Gasteiger partial charge in [0, 0.05) is 5.56 Å². The van der Waals surface area contributed by atoms with E-state index in [0.29, 0.717) is 16.9 Å². The fraction of sp³-hybridized carbons (Fsp3) is 0.188. The SMILES string of the molecule is O=C(NCc1ccco1)c1ccccc1CN1C(=O)CNC1=O. The molecular weight excluding hydrogens is 298 g/mol. The van der Waals surface area contributed by atoms with Gasteiger partial charge in [-0.05, 0) is 23.8 Å². The standard InChI is InChI=1S/C16H15N3O4/c20-14-9-18-16(22)19(14)10-11-4-1-2-6-13(11)15(21)17-8-12-5-3-7-23-12/h1-7H,8-10H2,(H,17,21)(H,18,22). The molecule has 2 N–H and O–H groups in total. The zero-order chi connectivity index (χ0) is 16.2. The highest BCUT2D eigenvalue weighted by atomic mass is 16.3. The van der Waals surface area contributed by atoms with E-state index in [1.165, 1.54) is 6.26 Å². The first kappa shape index (κ1) is 14.8. The Hall–Kier alpha value is -3.09. The van der Waals surface area contributed by atoms with Crippen molar-refractivity contribution in [3.63, 3.8) is 0 Å². The maximum absolute atomic E-state index is 12.3. The number of rotatable bonds is 5. The maximum atomic E-state index is 12.3. The van der Waals surface area contributed by atoms with Gasteiger partial charge in [-0.2, -0.15) is 0 Å². The van der Waals surface area contributed by atoms with Gasteiger partial charge in [0.15, 0.2) is 0 Å². The Morgan fingerprint density at radius 2 is 2.04 bits per heavy atom. The second kappa shape index (κ2) is 6.35. The number of hydrogen-bond donors (Lipinski definition) is 2. The zero-order valence-corrected chi connectivity index (χ0v) is 12.2. The van der Waals surface area contributed by atoms with Crippen LogP contribution in [0.25, 0.3) is 0 Å². The molecule has 4 amide bonds. The van der Waals surface area contributed by atoms with Gasteiger partial charge in [-0.3, -0.25) is 14.5 Å². The van der Waals surface area contributed by atoms with Crippen LogP contribution in [-0.4, -0.2) is 29.3 Å². The monoisotopic (exact) mass is 313 g/mol. The minimum atomic E-state index is -0.444. The van der Waals surface area contributed by atoms with Crippen molar-refractivity contribution in [2.45, 2.75) is 13.1 Å². The molecule has 0 aliphatic carbocycles. The van der Waals surface area contributed by atoms with Crippen molar-refractivity contribution in [1.29, 1.82) is 0 Å². The number of nitrogens with zero attached hydrogens (tertiary/aromatic N) is 1. The molecule has 23 heavy (non-hydrogen) atoms. The Bertz CT molecular complexity index is 724. The number of nitrogens with one attached hydrogen (secondary N) is 2. The number of imide groups is 1. The smallest absolute Gasteiger partial charge is 0.324 e. The highest BCUT2D eigenvalue weighted by molar-refractivity contribution is 6.02. The molecule has 1 fully saturated rings. The Morgan fingerprint density at radius 1 is 1.22 bits per heavy atom. The van der Waals surface area contributed by atoms with E-state index < -0.39 is 6.03 Å². The Kier molecular flexibility index (Phi) is 4.09. The van der Waals surface area contributed by atoms with Gasteiger partial charge in [-0.15, -0.1) is 0 Å². The lowest BCUT2D eigenvalue weighted by Gasteiger charge is -2.15. The van der Waals surface area contributed by atoms with E-state index in [0.717, 1.165) is 4.90 Å². The predicted molar refractivity (Wildman–Crippen MR) is 80.3 cm³/mol. The third-order valence-electron chi connectivity index (χ3n) is 3.53. The number of carbonyl (C=O) groups excluding carboxylic acids is 3. The summed E-state index contributed by atoms with van der Waals surface area (Å²) in [6.45, 7) is 0.323. The fourth-order valence-electron chi connectivity index (χ4n) is 2.34. The first-order chi connectivity index (χ1) is 11.1. The van der Waals surface area contributed by atoms with Gasteiger partial charge in [0.05, 0.1) is 25.9 Å². The third-order valence-corrected chi connectivity index (χ3v) is 3.53. The molecule has 0 spiro atoms. The summed E-state index contributed by atoms with van der Waals surface area (Å²) in [7, 11) is 0. The average molecular weight is 313 g/mol. The van der Waals surface area contributed by atoms with Crippen LogP contribution in [0.2, 0.25) is 0 Å². The molecule has 3 rings (SSSR count). The highest BCUT2D eigenvalue weighted by Crippen LogP contribution is 2.14. The summed E-state index contributed by atoms with van der Waals surface area (Å²) in [5, 5.41) is 5.21. The normalized spacial score (nSPS) is 14.0. The molecule has 2 heterocycles. The van der Waals surface area contributed by atoms with Crippen molar-refractivity contribution in [3.05, 3.63) is 59.5 Å². The summed E-state index contributed by atoms with van der Waals surface area (Å²) in [6.07, 6.45) is 1.53. The third kappa shape index (κ3) is 3.23. The number of benzene rings is 1. The lowest BCUT2D eigenvalue weighted by atomic mass is 10.1. The molecular formula is C16H15N3O4. The predicted octanol–water partition coefficient (Wildman–Crippen LogP) is 1.26. The summed E-state index contributed by atoms with van der Waals surface area (Å²) in [6, 6.07) is 9.94. The summed E-state index contributed by atoms with van der Waals surface area (Å²) in [5.74, 6) is 0.0507. The number of furan rings is 1. The van der Waals surface area contributed by atoms with E-state index in [-0.39, 0.29) is 31.4 Å². The van der Waals surface area contributed by atoms with Crippen LogP contribution in [0, 0.1) is 0 Å². The van der Waals surface area contributed by atoms with Crippen LogP contribution in [0.15, 0.2) is 47.1 Å². The summed E-state index contributed by atoms with van der Waals surface area (Å²) in [4.78, 5) is 36.8. The molecule has 0 atom stereocenters. The number of carbonyl (C=O) groups is 3. The average Bonchev–Trinajstić information content (AvgIpc) is 3.18. The van der Waals surface area contributed by atoms with Crippen LogP contribution in [0.3, 0.4) is 0 Å². The van der Waals surface area contributed by atoms with Crippen LogP contribution in [0.1, 0.15) is 21.7 Å². The summed E-state index contributed by atoms with van der Waals surface area (Å²) < 4.78 is 5.17. The van der Waals surface area contributed by atoms with Crippen molar-refractivity contribution in [2.75, 3.05) is 6.54 Å². The van der Waals surface area contributed by atoms with Gasteiger partial charge in [0.1, 0.15) is 5.76 Å². The Morgan fingerprint density at radius 3 is 2.74 bits per heavy atom. The first-order valence-electron chi connectivity index (χ1n) is 7.12. The van der Waals surface area contributed by atoms with E-state index in [1.807, 2.05) is 0 Å². The van der Waals surface area contributed by atoms with Gasteiger partial charge in [-0.25, -0.2) is 4.79 Å². The highest BCUT2D eigenvalue weighted by Gasteiger charge is 2.29. The zero-order valence-electron chi connectivity index (χ0n) is 12.2. The van der Waals surface area contributed by atoms with E-state index in [9.17, 15) is 14.4 Å². The molecule has 7 nitrogen and oxygen atoms in total. The second-order valence-electron chi connectivity index (χ2n) is 5.06. The number of hydrogen-bond acceptors (Lipinski definition) is 4. The lowest BCUT2D eigenvalue weighted by molar-refractivity contribution is -0.125. The molecule has 0 radical (unpaired) electrons. The van der Waals surface area contributed by atoms with Gasteiger partial charge < -0.3 is 15.1 Å². The van der Waals surface area contributed by atoms with Crippen molar-refractivity contribution in [3.8, 4) is 0 Å². The van der Waals surface area contributed by atoms with Gasteiger partial charge >= 0.3 is 6.03 Å². The van der Waals surface area contributed by atoms with E-state index in [1.54, 1.807) is 36.4 Å². The van der Waals surface area contributed by atoms with E-state index in [2.05, 4.69) is 10.6 Å². The molecule has 1 saturated heterocycles. The van der Waals surface area contributed by atoms with Crippen LogP contribution >= 0.6 is 0 Å². The Labute approximate surface area is 132 Å². The molecule has 1 aromatic carbocycles. The van der Waals surface area contributed by atoms with Gasteiger partial charge in [0.2, 0.25) is 5.91 Å². The van der Waals surface area contributed by atoms with Crippen LogP contribution < -0.4 is 10.6 Å². The lowest BCUT2D eigenvalue weighted by Crippen LogP contribution is -2.32. The maximum Gasteiger partial charge on any atom is 0.324 e. The largest absolute Gasteiger partial charge is 0.467 e. The van der Waals surface area contributed by atoms with Gasteiger partial charge in [-0.1, -0.05) is 18.2 Å². The summed E-state index contributed by atoms with van der Waals surface area (Å²) >= 11 is 0. The second-order valence-corrected chi connectivity index (χ2v) is 5.06. The molecule has 0 unspecified atom stereocenters. The molecule has 7 heteroatoms. The molecule has 0 bridgehead atoms. The number of urea groups is 1. The van der Waals surface area contributed by atoms with E-state index in [4.69, 9.17) is 4.42 Å². The number of amides is 4. The minimum absolute atomic E-state index is 0.00824. The Balaban J connectivity index is 1.73. The molecule has 118 valence electrons. The van der Waals surface area contributed by atoms with Crippen molar-refractivity contribution in [1.82, 2.24) is 15.5 Å². The van der Waals surface area contributed by atoms with Crippen molar-refractivity contribution in [2.24, 2.45) is 0 Å². The first-order valence-corrected chi connectivity index (χ1v) is 7.12. The molecule has 1 aromatic heterocycles. The van der Waals surface area contributed by atoms with Crippen LogP contribution in [0.5, 0.6) is 0 Å². The van der Waals surface area contributed by atoms with Crippen molar-refractivity contribution >= 4 is 17.8 Å². The summed E-state index contributed by atoms with van der Waals surface area (Å²) in [5.41, 5.74) is 1.03. The van der Waals surface area contributed by atoms with Crippen LogP contribution in [0.4, 0.5) is 4.79 Å². The van der Waals surface area contributed by atoms with E-state index >= 15 is 0 Å². The molecule has 1 aliphatic heterocycles. The van der Waals surface area contributed by atoms with Crippen LogP contribution in [-0.2, 0) is 17.9 Å².